The number of carbonyl (C=O) groups is 2. The summed E-state index contributed by atoms with van der Waals surface area (Å²) in [5.74, 6) is -0.604. The van der Waals surface area contributed by atoms with E-state index in [0.717, 1.165) is 55.4 Å². The molecule has 1 aromatic heterocycles. The zero-order valence-electron chi connectivity index (χ0n) is 34.5. The van der Waals surface area contributed by atoms with Crippen LogP contribution in [0, 0.1) is 5.92 Å². The van der Waals surface area contributed by atoms with E-state index in [0.29, 0.717) is 6.42 Å². The Morgan fingerprint density at radius 3 is 1.95 bits per heavy atom. The Morgan fingerprint density at radius 2 is 1.37 bits per heavy atom. The van der Waals surface area contributed by atoms with Gasteiger partial charge in [-0.05, 0) is 24.8 Å². The maximum absolute atomic E-state index is 13.2. The molecule has 0 saturated carbocycles. The van der Waals surface area contributed by atoms with Crippen molar-refractivity contribution in [3.63, 3.8) is 0 Å². The number of aliphatic hydroxyl groups is 8. The average Bonchev–Trinajstić information content (AvgIpc) is 3.49. The molecular weight excluding hydrogens is 792 g/mol. The van der Waals surface area contributed by atoms with Crippen LogP contribution in [-0.2, 0) is 28.5 Å². The Morgan fingerprint density at radius 1 is 0.800 bits per heavy atom. The predicted octanol–water partition coefficient (Wildman–Crippen LogP) is -1.70. The van der Waals surface area contributed by atoms with Crippen molar-refractivity contribution in [2.75, 3.05) is 6.61 Å². The first-order valence-corrected chi connectivity index (χ1v) is 21.1. The third-order valence-corrected chi connectivity index (χ3v) is 11.2. The van der Waals surface area contributed by atoms with Gasteiger partial charge in [-0.3, -0.25) is 23.9 Å². The predicted molar refractivity (Wildman–Crippen MR) is 212 cm³/mol. The Bertz CT molecular complexity index is 1630. The molecule has 4 heterocycles. The van der Waals surface area contributed by atoms with Gasteiger partial charge in [-0.25, -0.2) is 4.79 Å². The van der Waals surface area contributed by atoms with Crippen LogP contribution in [0.4, 0.5) is 0 Å². The second kappa shape index (κ2) is 23.9. The molecule has 20 nitrogen and oxygen atoms in total. The van der Waals surface area contributed by atoms with Crippen LogP contribution in [0.1, 0.15) is 104 Å². The summed E-state index contributed by atoms with van der Waals surface area (Å²) in [4.78, 5) is 51.2. The minimum atomic E-state index is -1.85. The van der Waals surface area contributed by atoms with Crippen molar-refractivity contribution in [2.24, 2.45) is 5.92 Å². The number of aliphatic hydroxyl groups excluding tert-OH is 8. The summed E-state index contributed by atoms with van der Waals surface area (Å²) >= 11 is 0. The van der Waals surface area contributed by atoms with Gasteiger partial charge < -0.3 is 70.4 Å². The lowest BCUT2D eigenvalue weighted by atomic mass is 9.91. The number of carbonyl (C=O) groups excluding carboxylic acids is 2. The quantitative estimate of drug-likeness (QED) is 0.0458. The van der Waals surface area contributed by atoms with E-state index in [9.17, 15) is 60.0 Å². The zero-order valence-corrected chi connectivity index (χ0v) is 34.5. The molecule has 20 heteroatoms. The van der Waals surface area contributed by atoms with E-state index in [1.165, 1.54) is 44.6 Å². The number of unbranched alkanes of at least 4 members (excludes halogenated alkanes) is 9. The Balaban J connectivity index is 1.42. The van der Waals surface area contributed by atoms with Gasteiger partial charge in [0.1, 0.15) is 60.9 Å². The number of nitrogens with one attached hydrogen (secondary N) is 3. The summed E-state index contributed by atoms with van der Waals surface area (Å²) in [6.07, 6.45) is -6.31. The summed E-state index contributed by atoms with van der Waals surface area (Å²) in [5.41, 5.74) is -1.68. The van der Waals surface area contributed by atoms with Crippen molar-refractivity contribution in [2.45, 2.75) is 190 Å². The summed E-state index contributed by atoms with van der Waals surface area (Å²) in [7, 11) is 0. The van der Waals surface area contributed by atoms with Crippen molar-refractivity contribution in [1.29, 1.82) is 0 Å². The van der Waals surface area contributed by atoms with E-state index in [4.69, 9.17) is 18.9 Å². The maximum atomic E-state index is 13.2. The molecule has 15 atom stereocenters. The first-order chi connectivity index (χ1) is 28.5. The fourth-order valence-corrected chi connectivity index (χ4v) is 7.80. The lowest BCUT2D eigenvalue weighted by Crippen LogP contribution is -2.68. The smallest absolute Gasteiger partial charge is 0.330 e. The van der Waals surface area contributed by atoms with E-state index >= 15 is 0 Å². The number of allylic oxidation sites excluding steroid dienone is 1. The molecule has 3 aliphatic rings. The van der Waals surface area contributed by atoms with Crippen molar-refractivity contribution in [1.82, 2.24) is 20.2 Å². The molecule has 0 spiro atoms. The number of amides is 2. The molecule has 1 aromatic rings. The van der Waals surface area contributed by atoms with Gasteiger partial charge in [0.05, 0.1) is 18.8 Å². The summed E-state index contributed by atoms with van der Waals surface area (Å²) in [6, 6.07) is -2.01. The van der Waals surface area contributed by atoms with Crippen LogP contribution in [0.25, 0.3) is 0 Å². The van der Waals surface area contributed by atoms with Crippen LogP contribution in [-0.4, -0.2) is 155 Å². The van der Waals surface area contributed by atoms with Gasteiger partial charge in [-0.15, -0.1) is 0 Å². The summed E-state index contributed by atoms with van der Waals surface area (Å²) in [6.45, 7) is 4.83. The van der Waals surface area contributed by atoms with Crippen molar-refractivity contribution in [3.05, 3.63) is 45.3 Å². The van der Waals surface area contributed by atoms with E-state index in [1.54, 1.807) is 6.08 Å². The molecule has 2 amide bonds. The topological polar surface area (TPSA) is 312 Å². The minimum Gasteiger partial charge on any atom is -0.394 e. The van der Waals surface area contributed by atoms with Crippen molar-refractivity contribution < 1.29 is 69.4 Å². The number of aromatic nitrogens is 2. The Labute approximate surface area is 348 Å². The number of ether oxygens (including phenoxy) is 4. The highest BCUT2D eigenvalue weighted by Crippen LogP contribution is 2.34. The maximum Gasteiger partial charge on any atom is 0.330 e. The first kappa shape index (κ1) is 49.5. The lowest BCUT2D eigenvalue weighted by Gasteiger charge is -2.47. The Kier molecular flexibility index (Phi) is 19.7. The van der Waals surface area contributed by atoms with Crippen LogP contribution in [0.5, 0.6) is 0 Å². The third kappa shape index (κ3) is 13.7. The Hall–Kier alpha value is -3.12. The van der Waals surface area contributed by atoms with Gasteiger partial charge in [-0.1, -0.05) is 77.7 Å². The first-order valence-electron chi connectivity index (χ1n) is 21.1. The van der Waals surface area contributed by atoms with E-state index in [1.807, 2.05) is 4.98 Å². The molecule has 1 unspecified atom stereocenters. The van der Waals surface area contributed by atoms with Crippen molar-refractivity contribution in [3.8, 4) is 0 Å². The summed E-state index contributed by atoms with van der Waals surface area (Å²) < 4.78 is 24.1. The van der Waals surface area contributed by atoms with Crippen LogP contribution in [0.2, 0.25) is 0 Å². The van der Waals surface area contributed by atoms with Gasteiger partial charge >= 0.3 is 5.69 Å². The molecule has 0 bridgehead atoms. The van der Waals surface area contributed by atoms with Gasteiger partial charge in [-0.2, -0.15) is 0 Å². The molecule has 0 aliphatic carbocycles. The second-order valence-corrected chi connectivity index (χ2v) is 16.5. The largest absolute Gasteiger partial charge is 0.394 e. The highest BCUT2D eigenvalue weighted by molar-refractivity contribution is 5.87. The van der Waals surface area contributed by atoms with Gasteiger partial charge in [0.15, 0.2) is 18.8 Å². The summed E-state index contributed by atoms with van der Waals surface area (Å²) in [5, 5.41) is 91.5. The lowest BCUT2D eigenvalue weighted by molar-refractivity contribution is -0.346. The number of H-pyrrole nitrogens is 1. The number of hydrogen-bond donors (Lipinski definition) is 11. The normalized spacial score (nSPS) is 33.9. The van der Waals surface area contributed by atoms with Crippen molar-refractivity contribution >= 4 is 11.8 Å². The monoisotopic (exact) mass is 858 g/mol. The SMILES string of the molecule is CC(=O)N[C@@H]1[C@H](O[C@@H]2O[C@H](CC(O)[C@H]3O[C@@H](n4ccc(=O)[nH]c4=O)[C@H](O)[C@@H]3O)[C@H](O)[C@H](O)[C@H]2NC(=O)/C=C/CCCCCCCCCCCC(C)C)O[C@@H](CO)[C@H](O)[C@H]1O. The number of rotatable bonds is 22. The standard InChI is InChI=1S/C40H66N4O16/c1-21(2)15-13-11-9-7-5-4-6-8-10-12-14-16-26(48)42-29-33(53)30(50)24(57-39(29)60-38-28(41-22(3)46)32(52)31(51)25(20-45)58-38)19-23(47)36-34(54)35(55)37(59-36)44-18-17-27(49)43-40(44)56/h14,16-18,21,23-25,28-39,45,47,50-55H,4-13,15,19-20H2,1-3H3,(H,41,46)(H,42,48)(H,43,49,56)/b16-14+/t23?,24-,25+,28+,29-,30+,31+,32+,33-,34+,35-,36-,37-,38+,39+/m1/s1. The fourth-order valence-electron chi connectivity index (χ4n) is 7.80. The van der Waals surface area contributed by atoms with Gasteiger partial charge in [0.2, 0.25) is 11.8 Å². The van der Waals surface area contributed by atoms with Crippen LogP contribution in [0.3, 0.4) is 0 Å². The number of hydrogen-bond acceptors (Lipinski definition) is 16. The molecule has 3 aliphatic heterocycles. The molecule has 3 saturated heterocycles. The molecule has 342 valence electrons. The minimum absolute atomic E-state index is 0.597. The molecule has 3 fully saturated rings. The highest BCUT2D eigenvalue weighted by Gasteiger charge is 2.53. The highest BCUT2D eigenvalue weighted by atomic mass is 16.8. The third-order valence-electron chi connectivity index (χ3n) is 11.2. The van der Waals surface area contributed by atoms with Crippen LogP contribution in [0.15, 0.2) is 34.0 Å². The van der Waals surface area contributed by atoms with Gasteiger partial charge in [0, 0.05) is 25.6 Å². The molecule has 0 radical (unpaired) electrons. The van der Waals surface area contributed by atoms with Crippen LogP contribution >= 0.6 is 0 Å². The molecule has 11 N–H and O–H groups in total. The molecule has 0 aromatic carbocycles. The van der Waals surface area contributed by atoms with E-state index in [2.05, 4.69) is 24.5 Å². The zero-order chi connectivity index (χ0) is 44.1. The number of aromatic amines is 1. The van der Waals surface area contributed by atoms with E-state index in [-0.39, 0.29) is 0 Å². The van der Waals surface area contributed by atoms with E-state index < -0.39 is 128 Å². The molecular formula is C40H66N4O16. The molecule has 4 rings (SSSR count). The average molecular weight is 859 g/mol. The fraction of sp³-hybridized carbons (Fsp3) is 0.800. The second-order valence-electron chi connectivity index (χ2n) is 16.5. The number of nitrogens with zero attached hydrogens (tertiary/aromatic N) is 1. The molecule has 60 heavy (non-hydrogen) atoms. The van der Waals surface area contributed by atoms with Gasteiger partial charge in [0.25, 0.3) is 5.56 Å². The van der Waals surface area contributed by atoms with Crippen LogP contribution < -0.4 is 21.9 Å².